The van der Waals surface area contributed by atoms with Crippen LogP contribution in [0.25, 0.3) is 11.3 Å². The largest absolute Gasteiger partial charge is 0.348 e. The van der Waals surface area contributed by atoms with Gasteiger partial charge in [0.05, 0.1) is 12.0 Å². The summed E-state index contributed by atoms with van der Waals surface area (Å²) in [7, 11) is 1.96. The molecule has 0 amide bonds. The Labute approximate surface area is 102 Å². The second-order valence-electron chi connectivity index (χ2n) is 4.38. The number of aromatic nitrogens is 2. The van der Waals surface area contributed by atoms with E-state index in [9.17, 15) is 0 Å². The van der Waals surface area contributed by atoms with Crippen LogP contribution in [0.4, 0.5) is 0 Å². The third kappa shape index (κ3) is 2.56. The van der Waals surface area contributed by atoms with Gasteiger partial charge in [-0.25, -0.2) is 4.98 Å². The van der Waals surface area contributed by atoms with Crippen molar-refractivity contribution in [2.45, 2.75) is 20.3 Å². The molecule has 1 aromatic carbocycles. The zero-order chi connectivity index (χ0) is 12.3. The minimum atomic E-state index is 0.958. The number of benzene rings is 1. The van der Waals surface area contributed by atoms with E-state index >= 15 is 0 Å². The van der Waals surface area contributed by atoms with Crippen molar-refractivity contribution in [1.82, 2.24) is 15.3 Å². The second-order valence-corrected chi connectivity index (χ2v) is 4.38. The van der Waals surface area contributed by atoms with Gasteiger partial charge in [0.1, 0.15) is 0 Å². The van der Waals surface area contributed by atoms with Gasteiger partial charge in [-0.05, 0) is 38.1 Å². The Balaban J connectivity index is 2.32. The Morgan fingerprint density at radius 1 is 1.24 bits per heavy atom. The van der Waals surface area contributed by atoms with Crippen molar-refractivity contribution in [3.8, 4) is 11.3 Å². The predicted molar refractivity (Wildman–Crippen MR) is 71.1 cm³/mol. The molecule has 90 valence electrons. The summed E-state index contributed by atoms with van der Waals surface area (Å²) >= 11 is 0. The lowest BCUT2D eigenvalue weighted by atomic mass is 10.0. The molecule has 2 N–H and O–H groups in total. The summed E-state index contributed by atoms with van der Waals surface area (Å²) in [5, 5.41) is 3.16. The Kier molecular flexibility index (Phi) is 3.59. The molecule has 3 nitrogen and oxygen atoms in total. The van der Waals surface area contributed by atoms with Gasteiger partial charge in [0, 0.05) is 24.2 Å². The van der Waals surface area contributed by atoms with Crippen LogP contribution in [0.1, 0.15) is 16.8 Å². The molecule has 0 saturated carbocycles. The highest BCUT2D eigenvalue weighted by Crippen LogP contribution is 2.23. The molecule has 2 aromatic rings. The summed E-state index contributed by atoms with van der Waals surface area (Å²) in [5.74, 6) is 0. The number of likely N-dealkylation sites (N-methyl/N-ethyl adjacent to an activating group) is 1. The Morgan fingerprint density at radius 3 is 2.76 bits per heavy atom. The fourth-order valence-electron chi connectivity index (χ4n) is 1.90. The molecule has 1 heterocycles. The Bertz CT molecular complexity index is 500. The normalized spacial score (nSPS) is 10.8. The Morgan fingerprint density at radius 2 is 2.06 bits per heavy atom. The van der Waals surface area contributed by atoms with E-state index in [4.69, 9.17) is 0 Å². The minimum absolute atomic E-state index is 0.958. The van der Waals surface area contributed by atoms with Crippen LogP contribution in [-0.2, 0) is 6.42 Å². The van der Waals surface area contributed by atoms with Crippen molar-refractivity contribution >= 4 is 0 Å². The summed E-state index contributed by atoms with van der Waals surface area (Å²) < 4.78 is 0. The summed E-state index contributed by atoms with van der Waals surface area (Å²) in [4.78, 5) is 7.65. The Hall–Kier alpha value is -1.61. The highest BCUT2D eigenvalue weighted by atomic mass is 14.9. The van der Waals surface area contributed by atoms with E-state index in [0.29, 0.717) is 0 Å². The molecule has 2 rings (SSSR count). The van der Waals surface area contributed by atoms with Crippen LogP contribution in [0.3, 0.4) is 0 Å². The van der Waals surface area contributed by atoms with E-state index in [0.717, 1.165) is 18.7 Å². The van der Waals surface area contributed by atoms with Crippen LogP contribution in [0.2, 0.25) is 0 Å². The molecule has 0 radical (unpaired) electrons. The molecule has 0 saturated heterocycles. The van der Waals surface area contributed by atoms with Crippen molar-refractivity contribution in [1.29, 1.82) is 0 Å². The first kappa shape index (κ1) is 11.9. The quantitative estimate of drug-likeness (QED) is 0.845. The SMILES string of the molecule is CNCCc1[nH]cnc1-c1ccc(C)c(C)c1. The first-order valence-electron chi connectivity index (χ1n) is 5.97. The smallest absolute Gasteiger partial charge is 0.0929 e. The standard InChI is InChI=1S/C14H19N3/c1-10-4-5-12(8-11(10)2)14-13(6-7-15-3)16-9-17-14/h4-5,8-9,15H,6-7H2,1-3H3,(H,16,17). The van der Waals surface area contributed by atoms with Gasteiger partial charge in [0.25, 0.3) is 0 Å². The fourth-order valence-corrected chi connectivity index (χ4v) is 1.90. The van der Waals surface area contributed by atoms with E-state index in [1.807, 2.05) is 7.05 Å². The van der Waals surface area contributed by atoms with Gasteiger partial charge in [-0.3, -0.25) is 0 Å². The van der Waals surface area contributed by atoms with Gasteiger partial charge in [-0.1, -0.05) is 12.1 Å². The number of imidazole rings is 1. The maximum Gasteiger partial charge on any atom is 0.0929 e. The van der Waals surface area contributed by atoms with Crippen molar-refractivity contribution in [2.24, 2.45) is 0 Å². The van der Waals surface area contributed by atoms with Crippen molar-refractivity contribution in [3.05, 3.63) is 41.3 Å². The lowest BCUT2D eigenvalue weighted by Gasteiger charge is -2.05. The number of rotatable bonds is 4. The zero-order valence-corrected chi connectivity index (χ0v) is 10.7. The molecule has 0 spiro atoms. The molecule has 3 heteroatoms. The average Bonchev–Trinajstić information content (AvgIpc) is 2.78. The van der Waals surface area contributed by atoms with Gasteiger partial charge < -0.3 is 10.3 Å². The second kappa shape index (κ2) is 5.15. The maximum atomic E-state index is 4.43. The van der Waals surface area contributed by atoms with Gasteiger partial charge in [0.2, 0.25) is 0 Å². The molecule has 17 heavy (non-hydrogen) atoms. The van der Waals surface area contributed by atoms with Crippen LogP contribution in [0, 0.1) is 13.8 Å². The summed E-state index contributed by atoms with van der Waals surface area (Å²) in [5.41, 5.74) is 6.09. The van der Waals surface area contributed by atoms with E-state index in [1.165, 1.54) is 22.4 Å². The number of aryl methyl sites for hydroxylation is 2. The number of hydrogen-bond acceptors (Lipinski definition) is 2. The highest BCUT2D eigenvalue weighted by molar-refractivity contribution is 5.63. The average molecular weight is 229 g/mol. The summed E-state index contributed by atoms with van der Waals surface area (Å²) in [6.07, 6.45) is 2.74. The molecule has 0 fully saturated rings. The van der Waals surface area contributed by atoms with E-state index in [-0.39, 0.29) is 0 Å². The molecule has 1 aromatic heterocycles. The lowest BCUT2D eigenvalue weighted by Crippen LogP contribution is -2.11. The summed E-state index contributed by atoms with van der Waals surface area (Å²) in [6.45, 7) is 5.23. The number of aromatic amines is 1. The monoisotopic (exact) mass is 229 g/mol. The molecule has 0 aliphatic carbocycles. The number of H-pyrrole nitrogens is 1. The molecular formula is C14H19N3. The lowest BCUT2D eigenvalue weighted by molar-refractivity contribution is 0.781. The van der Waals surface area contributed by atoms with Crippen LogP contribution in [-0.4, -0.2) is 23.6 Å². The molecule has 0 aliphatic rings. The van der Waals surface area contributed by atoms with Crippen molar-refractivity contribution in [2.75, 3.05) is 13.6 Å². The van der Waals surface area contributed by atoms with Gasteiger partial charge in [0.15, 0.2) is 0 Å². The zero-order valence-electron chi connectivity index (χ0n) is 10.7. The predicted octanol–water partition coefficient (Wildman–Crippen LogP) is 2.46. The number of nitrogens with zero attached hydrogens (tertiary/aromatic N) is 1. The maximum absolute atomic E-state index is 4.43. The van der Waals surface area contributed by atoms with Crippen molar-refractivity contribution in [3.63, 3.8) is 0 Å². The minimum Gasteiger partial charge on any atom is -0.348 e. The van der Waals surface area contributed by atoms with Crippen LogP contribution >= 0.6 is 0 Å². The third-order valence-electron chi connectivity index (χ3n) is 3.12. The number of hydrogen-bond donors (Lipinski definition) is 2. The fraction of sp³-hybridized carbons (Fsp3) is 0.357. The van der Waals surface area contributed by atoms with Gasteiger partial charge in [-0.15, -0.1) is 0 Å². The van der Waals surface area contributed by atoms with Crippen LogP contribution in [0.15, 0.2) is 24.5 Å². The van der Waals surface area contributed by atoms with E-state index in [1.54, 1.807) is 6.33 Å². The van der Waals surface area contributed by atoms with Crippen molar-refractivity contribution < 1.29 is 0 Å². The topological polar surface area (TPSA) is 40.7 Å². The number of nitrogens with one attached hydrogen (secondary N) is 2. The van der Waals surface area contributed by atoms with E-state index < -0.39 is 0 Å². The van der Waals surface area contributed by atoms with Gasteiger partial charge >= 0.3 is 0 Å². The first-order chi connectivity index (χ1) is 8.22. The first-order valence-corrected chi connectivity index (χ1v) is 5.97. The van der Waals surface area contributed by atoms with E-state index in [2.05, 4.69) is 47.3 Å². The summed E-state index contributed by atoms with van der Waals surface area (Å²) in [6, 6.07) is 6.50. The third-order valence-corrected chi connectivity index (χ3v) is 3.12. The van der Waals surface area contributed by atoms with Crippen LogP contribution < -0.4 is 5.32 Å². The molecule has 0 bridgehead atoms. The highest BCUT2D eigenvalue weighted by Gasteiger charge is 2.08. The molecule has 0 unspecified atom stereocenters. The van der Waals surface area contributed by atoms with Crippen LogP contribution in [0.5, 0.6) is 0 Å². The molecule has 0 aliphatic heterocycles. The van der Waals surface area contributed by atoms with Gasteiger partial charge in [-0.2, -0.15) is 0 Å². The molecular weight excluding hydrogens is 210 g/mol. The molecule has 0 atom stereocenters.